The third-order valence-electron chi connectivity index (χ3n) is 8.56. The zero-order valence-corrected chi connectivity index (χ0v) is 20.5. The van der Waals surface area contributed by atoms with E-state index >= 15 is 0 Å². The van der Waals surface area contributed by atoms with Gasteiger partial charge < -0.3 is 20.3 Å². The van der Waals surface area contributed by atoms with Gasteiger partial charge in [0, 0.05) is 43.1 Å². The van der Waals surface area contributed by atoms with Crippen LogP contribution in [0.2, 0.25) is 0 Å². The Bertz CT molecular complexity index is 939. The molecule has 184 valence electrons. The van der Waals surface area contributed by atoms with E-state index in [1.54, 1.807) is 4.90 Å². The highest BCUT2D eigenvalue weighted by Crippen LogP contribution is 2.33. The Morgan fingerprint density at radius 3 is 2.74 bits per heavy atom. The van der Waals surface area contributed by atoms with Gasteiger partial charge in [0.05, 0.1) is 0 Å². The van der Waals surface area contributed by atoms with Gasteiger partial charge in [-0.05, 0) is 80.9 Å². The van der Waals surface area contributed by atoms with E-state index in [-0.39, 0.29) is 11.8 Å². The summed E-state index contributed by atoms with van der Waals surface area (Å²) in [5.41, 5.74) is 3.88. The number of benzene rings is 1. The van der Waals surface area contributed by atoms with Crippen molar-refractivity contribution in [3.8, 4) is 0 Å². The normalized spacial score (nSPS) is 29.1. The highest BCUT2D eigenvalue weighted by Gasteiger charge is 2.38. The molecular weight excluding hydrogens is 426 g/mol. The number of amides is 2. The number of carbonyl (C=O) groups is 2. The quantitative estimate of drug-likeness (QED) is 0.668. The molecule has 1 saturated carbocycles. The number of hydrogen-bond acceptors (Lipinski definition) is 4. The van der Waals surface area contributed by atoms with E-state index in [2.05, 4.69) is 36.3 Å². The Kier molecular flexibility index (Phi) is 7.07. The molecule has 6 heteroatoms. The smallest absolute Gasteiger partial charge is 0.255 e. The molecule has 1 aliphatic carbocycles. The van der Waals surface area contributed by atoms with E-state index in [1.165, 1.54) is 31.2 Å². The van der Waals surface area contributed by atoms with Gasteiger partial charge in [0.15, 0.2) is 0 Å². The van der Waals surface area contributed by atoms with Gasteiger partial charge in [-0.25, -0.2) is 0 Å². The highest BCUT2D eigenvalue weighted by atomic mass is 16.5. The van der Waals surface area contributed by atoms with Gasteiger partial charge in [0.1, 0.15) is 6.04 Å². The van der Waals surface area contributed by atoms with E-state index < -0.39 is 6.04 Å². The summed E-state index contributed by atoms with van der Waals surface area (Å²) in [4.78, 5) is 27.3. The predicted octanol–water partition coefficient (Wildman–Crippen LogP) is 3.94. The number of nitrogens with one attached hydrogen (secondary N) is 2. The molecule has 1 aromatic rings. The number of carbonyl (C=O) groups excluding carboxylic acids is 2. The highest BCUT2D eigenvalue weighted by molar-refractivity contribution is 6.01. The molecule has 0 aromatic heterocycles. The molecule has 0 bridgehead atoms. The fraction of sp³-hybridized carbons (Fsp3) is 0.643. The van der Waals surface area contributed by atoms with Gasteiger partial charge in [-0.2, -0.15) is 0 Å². The van der Waals surface area contributed by atoms with Crippen LogP contribution in [0.4, 0.5) is 0 Å². The zero-order valence-electron chi connectivity index (χ0n) is 20.5. The Balaban J connectivity index is 1.24. The summed E-state index contributed by atoms with van der Waals surface area (Å²) < 4.78 is 5.56. The van der Waals surface area contributed by atoms with Gasteiger partial charge in [0.25, 0.3) is 5.91 Å². The van der Waals surface area contributed by atoms with E-state index in [4.69, 9.17) is 4.74 Å². The van der Waals surface area contributed by atoms with Crippen molar-refractivity contribution in [1.29, 1.82) is 0 Å². The van der Waals surface area contributed by atoms with Crippen molar-refractivity contribution in [2.75, 3.05) is 13.2 Å². The van der Waals surface area contributed by atoms with Crippen LogP contribution in [0.5, 0.6) is 0 Å². The van der Waals surface area contributed by atoms with E-state index in [9.17, 15) is 9.59 Å². The molecule has 4 aliphatic rings. The van der Waals surface area contributed by atoms with Crippen molar-refractivity contribution in [2.45, 2.75) is 89.4 Å². The van der Waals surface area contributed by atoms with Crippen LogP contribution < -0.4 is 10.6 Å². The second-order valence-electron chi connectivity index (χ2n) is 10.8. The van der Waals surface area contributed by atoms with E-state index in [0.717, 1.165) is 55.7 Å². The summed E-state index contributed by atoms with van der Waals surface area (Å²) in [7, 11) is 0. The van der Waals surface area contributed by atoms with Gasteiger partial charge >= 0.3 is 0 Å². The Labute approximate surface area is 203 Å². The van der Waals surface area contributed by atoms with Crippen LogP contribution in [0, 0.1) is 11.8 Å². The molecule has 34 heavy (non-hydrogen) atoms. The molecule has 3 fully saturated rings. The fourth-order valence-electron chi connectivity index (χ4n) is 6.50. The van der Waals surface area contributed by atoms with Crippen LogP contribution in [0.25, 0.3) is 0 Å². The topological polar surface area (TPSA) is 70.7 Å². The van der Waals surface area contributed by atoms with E-state index in [0.29, 0.717) is 36.9 Å². The maximum absolute atomic E-state index is 13.1. The third-order valence-corrected chi connectivity index (χ3v) is 8.56. The molecule has 2 N–H and O–H groups in total. The molecule has 6 nitrogen and oxygen atoms in total. The first-order valence-corrected chi connectivity index (χ1v) is 13.2. The lowest BCUT2D eigenvalue weighted by Crippen LogP contribution is -2.49. The largest absolute Gasteiger partial charge is 0.381 e. The van der Waals surface area contributed by atoms with Crippen LogP contribution >= 0.6 is 0 Å². The second-order valence-corrected chi connectivity index (χ2v) is 10.8. The van der Waals surface area contributed by atoms with Crippen molar-refractivity contribution in [2.24, 2.45) is 11.8 Å². The number of ether oxygens (including phenoxy) is 1. The summed E-state index contributed by atoms with van der Waals surface area (Å²) in [5, 5.41) is 6.83. The predicted molar refractivity (Wildman–Crippen MR) is 132 cm³/mol. The molecule has 3 aliphatic heterocycles. The summed E-state index contributed by atoms with van der Waals surface area (Å²) in [6.45, 7) is 8.53. The molecule has 2 saturated heterocycles. The molecule has 1 aromatic carbocycles. The molecule has 0 radical (unpaired) electrons. The summed E-state index contributed by atoms with van der Waals surface area (Å²) in [5.74, 6) is 1.21. The van der Waals surface area contributed by atoms with Crippen LogP contribution in [0.3, 0.4) is 0 Å². The lowest BCUT2D eigenvalue weighted by molar-refractivity contribution is -0.126. The SMILES string of the molecule is C=C1CCC(N2Cc3cc(C[C@H]4CCCC[C@@H]4NC(C)C4CCOCC4)ccc3C2=O)C(=O)N1. The fourth-order valence-corrected chi connectivity index (χ4v) is 6.50. The van der Waals surface area contributed by atoms with Crippen LogP contribution in [0.1, 0.15) is 79.8 Å². The van der Waals surface area contributed by atoms with Crippen LogP contribution in [-0.2, 0) is 22.5 Å². The van der Waals surface area contributed by atoms with E-state index in [1.807, 2.05) is 6.07 Å². The third kappa shape index (κ3) is 4.94. The zero-order chi connectivity index (χ0) is 23.7. The first-order chi connectivity index (χ1) is 16.5. The maximum atomic E-state index is 13.1. The minimum Gasteiger partial charge on any atom is -0.381 e. The summed E-state index contributed by atoms with van der Waals surface area (Å²) >= 11 is 0. The van der Waals surface area contributed by atoms with Gasteiger partial charge in [0.2, 0.25) is 5.91 Å². The molecule has 2 amide bonds. The molecule has 4 atom stereocenters. The monoisotopic (exact) mass is 465 g/mol. The Morgan fingerprint density at radius 1 is 1.15 bits per heavy atom. The van der Waals surface area contributed by atoms with Crippen LogP contribution in [-0.4, -0.2) is 48.1 Å². The number of fused-ring (bicyclic) bond motifs is 1. The number of piperidine rings is 1. The van der Waals surface area contributed by atoms with Gasteiger partial charge in [-0.3, -0.25) is 9.59 Å². The van der Waals surface area contributed by atoms with Crippen molar-refractivity contribution in [3.05, 3.63) is 47.2 Å². The Hall–Kier alpha value is -2.18. The summed E-state index contributed by atoms with van der Waals surface area (Å²) in [6, 6.07) is 7.03. The average Bonchev–Trinajstić information content (AvgIpc) is 3.16. The van der Waals surface area contributed by atoms with Gasteiger partial charge in [-0.1, -0.05) is 31.6 Å². The van der Waals surface area contributed by atoms with Crippen molar-refractivity contribution in [3.63, 3.8) is 0 Å². The van der Waals surface area contributed by atoms with Crippen molar-refractivity contribution < 1.29 is 14.3 Å². The second kappa shape index (κ2) is 10.2. The standard InChI is InChI=1S/C28H39N3O3/c1-18-7-10-26(27(32)29-18)31-17-23-16-20(8-9-24(23)28(31)33)15-22-5-3-4-6-25(22)30-19(2)21-11-13-34-14-12-21/h8-9,16,19,21-22,25-26,30H,1,3-7,10-15,17H2,2H3,(H,29,32)/t19?,22-,25+,26?/m1/s1. The minimum absolute atomic E-state index is 0.0169. The number of rotatable bonds is 6. The lowest BCUT2D eigenvalue weighted by atomic mass is 9.79. The van der Waals surface area contributed by atoms with Gasteiger partial charge in [-0.15, -0.1) is 0 Å². The molecule has 2 unspecified atom stereocenters. The molecule has 5 rings (SSSR count). The first kappa shape index (κ1) is 23.6. The molecular formula is C28H39N3O3. The Morgan fingerprint density at radius 2 is 1.94 bits per heavy atom. The number of hydrogen-bond donors (Lipinski definition) is 2. The number of nitrogens with zero attached hydrogens (tertiary/aromatic N) is 1. The molecule has 3 heterocycles. The first-order valence-electron chi connectivity index (χ1n) is 13.2. The van der Waals surface area contributed by atoms with Crippen molar-refractivity contribution >= 4 is 11.8 Å². The average molecular weight is 466 g/mol. The van der Waals surface area contributed by atoms with Crippen molar-refractivity contribution in [1.82, 2.24) is 15.5 Å². The number of allylic oxidation sites excluding steroid dienone is 1. The maximum Gasteiger partial charge on any atom is 0.255 e. The molecule has 0 spiro atoms. The lowest BCUT2D eigenvalue weighted by Gasteiger charge is -2.38. The summed E-state index contributed by atoms with van der Waals surface area (Å²) in [6.07, 6.45) is 9.85. The minimum atomic E-state index is -0.396. The van der Waals surface area contributed by atoms with Crippen LogP contribution in [0.15, 0.2) is 30.5 Å².